The van der Waals surface area contributed by atoms with Crippen LogP contribution < -0.4 is 10.6 Å². The maximum atomic E-state index is 12.1. The number of benzene rings is 1. The van der Waals surface area contributed by atoms with E-state index in [4.69, 9.17) is 4.98 Å². The lowest BCUT2D eigenvalue weighted by Crippen LogP contribution is -2.47. The van der Waals surface area contributed by atoms with Crippen molar-refractivity contribution in [2.24, 2.45) is 4.99 Å². The van der Waals surface area contributed by atoms with E-state index in [9.17, 15) is 4.21 Å². The number of hydrogen-bond donors (Lipinski definition) is 2. The minimum Gasteiger partial charge on any atom is -0.356 e. The Hall–Kier alpha value is -1.000. The van der Waals surface area contributed by atoms with Crippen LogP contribution in [0.15, 0.2) is 40.7 Å². The fraction of sp³-hybridized carbons (Fsp3) is 0.524. The highest BCUT2D eigenvalue weighted by Crippen LogP contribution is 2.24. The number of halogens is 1. The van der Waals surface area contributed by atoms with E-state index < -0.39 is 10.8 Å². The van der Waals surface area contributed by atoms with Gasteiger partial charge in [0, 0.05) is 58.8 Å². The van der Waals surface area contributed by atoms with Crippen LogP contribution in [-0.4, -0.2) is 45.8 Å². The van der Waals surface area contributed by atoms with Crippen molar-refractivity contribution >= 4 is 52.1 Å². The van der Waals surface area contributed by atoms with Crippen LogP contribution in [0.1, 0.15) is 38.3 Å². The Morgan fingerprint density at radius 2 is 2.10 bits per heavy atom. The minimum atomic E-state index is -0.702. The molecular formula is C21H31IN4OS2. The molecule has 0 amide bonds. The Kier molecular flexibility index (Phi) is 10.6. The highest BCUT2D eigenvalue weighted by molar-refractivity contribution is 14.0. The number of guanidine groups is 1. The average Bonchev–Trinajstić information content (AvgIpc) is 3.22. The van der Waals surface area contributed by atoms with E-state index in [0.717, 1.165) is 61.1 Å². The van der Waals surface area contributed by atoms with Crippen molar-refractivity contribution in [1.29, 1.82) is 0 Å². The Balaban J connectivity index is 0.00000300. The summed E-state index contributed by atoms with van der Waals surface area (Å²) in [7, 11) is 1.10. The van der Waals surface area contributed by atoms with Crippen LogP contribution in [0.3, 0.4) is 0 Å². The summed E-state index contributed by atoms with van der Waals surface area (Å²) in [6.07, 6.45) is 5.15. The third kappa shape index (κ3) is 7.32. The van der Waals surface area contributed by atoms with E-state index in [-0.39, 0.29) is 24.0 Å². The molecular weight excluding hydrogens is 515 g/mol. The number of thiazole rings is 1. The van der Waals surface area contributed by atoms with Crippen LogP contribution in [0.2, 0.25) is 0 Å². The third-order valence-corrected chi connectivity index (χ3v) is 7.77. The molecule has 1 heterocycles. The van der Waals surface area contributed by atoms with Crippen LogP contribution >= 0.6 is 35.3 Å². The fourth-order valence-electron chi connectivity index (χ4n) is 3.58. The van der Waals surface area contributed by atoms with Crippen molar-refractivity contribution in [3.05, 3.63) is 41.4 Å². The Bertz CT molecular complexity index is 797. The summed E-state index contributed by atoms with van der Waals surface area (Å²) < 4.78 is 12.1. The van der Waals surface area contributed by atoms with E-state index in [2.05, 4.69) is 33.1 Å². The van der Waals surface area contributed by atoms with Gasteiger partial charge in [-0.05, 0) is 19.3 Å². The second kappa shape index (κ2) is 12.6. The molecule has 1 aromatic carbocycles. The largest absolute Gasteiger partial charge is 0.356 e. The second-order valence-electron chi connectivity index (χ2n) is 7.06. The van der Waals surface area contributed by atoms with E-state index in [1.807, 2.05) is 25.1 Å². The summed E-state index contributed by atoms with van der Waals surface area (Å²) in [5, 5.41) is 10.4. The lowest BCUT2D eigenvalue weighted by Gasteiger charge is -2.30. The zero-order chi connectivity index (χ0) is 19.8. The van der Waals surface area contributed by atoms with Crippen LogP contribution in [0.25, 0.3) is 10.6 Å². The lowest BCUT2D eigenvalue weighted by atomic mass is 9.95. The highest BCUT2D eigenvalue weighted by Gasteiger charge is 2.25. The zero-order valence-electron chi connectivity index (χ0n) is 17.1. The van der Waals surface area contributed by atoms with Crippen molar-refractivity contribution in [3.8, 4) is 10.6 Å². The Morgan fingerprint density at radius 1 is 1.31 bits per heavy atom. The number of aromatic nitrogens is 1. The number of rotatable bonds is 7. The number of aliphatic imine (C=N–C) groups is 1. The molecule has 1 fully saturated rings. The van der Waals surface area contributed by atoms with E-state index >= 15 is 0 Å². The predicted octanol–water partition coefficient (Wildman–Crippen LogP) is 4.22. The van der Waals surface area contributed by atoms with Gasteiger partial charge in [-0.2, -0.15) is 0 Å². The van der Waals surface area contributed by atoms with Gasteiger partial charge in [-0.1, -0.05) is 43.7 Å². The Labute approximate surface area is 197 Å². The summed E-state index contributed by atoms with van der Waals surface area (Å²) in [5.74, 6) is 1.58. The molecule has 2 N–H and O–H groups in total. The van der Waals surface area contributed by atoms with Crippen molar-refractivity contribution in [2.45, 2.75) is 50.3 Å². The summed E-state index contributed by atoms with van der Waals surface area (Å²) in [6, 6.07) is 10.6. The van der Waals surface area contributed by atoms with Gasteiger partial charge < -0.3 is 10.6 Å². The van der Waals surface area contributed by atoms with Gasteiger partial charge in [0.1, 0.15) is 5.01 Å². The molecule has 3 rings (SSSR count). The van der Waals surface area contributed by atoms with E-state index in [1.54, 1.807) is 18.4 Å². The molecule has 0 saturated heterocycles. The smallest absolute Gasteiger partial charge is 0.191 e. The zero-order valence-corrected chi connectivity index (χ0v) is 21.1. The summed E-state index contributed by atoms with van der Waals surface area (Å²) in [5.41, 5.74) is 2.27. The van der Waals surface area contributed by atoms with Crippen molar-refractivity contribution in [2.75, 3.05) is 19.3 Å². The standard InChI is InChI=1S/C21H30N4OS2.HI/c1-3-28(26)19-11-7-10-17(14-19)25-21(22-2)23-13-12-18-15-27-20(24-18)16-8-5-4-6-9-16;/h4-6,8-9,15,17,19H,3,7,10-14H2,1-2H3,(H2,22,23,25);1H. The normalized spacial score (nSPS) is 20.6. The molecule has 1 aliphatic carbocycles. The quantitative estimate of drug-likeness (QED) is 0.310. The molecule has 160 valence electrons. The first-order valence-corrected chi connectivity index (χ1v) is 12.3. The van der Waals surface area contributed by atoms with Gasteiger partial charge in [-0.15, -0.1) is 35.3 Å². The van der Waals surface area contributed by atoms with Crippen molar-refractivity contribution in [3.63, 3.8) is 0 Å². The van der Waals surface area contributed by atoms with Gasteiger partial charge in [0.2, 0.25) is 0 Å². The second-order valence-corrected chi connectivity index (χ2v) is 9.92. The van der Waals surface area contributed by atoms with Crippen molar-refractivity contribution < 1.29 is 4.21 Å². The van der Waals surface area contributed by atoms with Crippen LogP contribution in [0.4, 0.5) is 0 Å². The first-order valence-electron chi connectivity index (χ1n) is 10.0. The Morgan fingerprint density at radius 3 is 2.83 bits per heavy atom. The summed E-state index contributed by atoms with van der Waals surface area (Å²) in [4.78, 5) is 9.10. The molecule has 0 bridgehead atoms. The lowest BCUT2D eigenvalue weighted by molar-refractivity contribution is 0.413. The molecule has 1 saturated carbocycles. The molecule has 2 aromatic rings. The molecule has 0 aliphatic heterocycles. The SMILES string of the molecule is CCS(=O)C1CCCC(NC(=NC)NCCc2csc(-c3ccccc3)n2)C1.I. The van der Waals surface area contributed by atoms with Gasteiger partial charge >= 0.3 is 0 Å². The molecule has 0 spiro atoms. The average molecular weight is 547 g/mol. The van der Waals surface area contributed by atoms with Crippen LogP contribution in [-0.2, 0) is 17.2 Å². The number of hydrogen-bond acceptors (Lipinski definition) is 4. The summed E-state index contributed by atoms with van der Waals surface area (Å²) >= 11 is 1.69. The summed E-state index contributed by atoms with van der Waals surface area (Å²) in [6.45, 7) is 2.80. The molecule has 3 unspecified atom stereocenters. The van der Waals surface area contributed by atoms with E-state index in [1.165, 1.54) is 5.56 Å². The highest BCUT2D eigenvalue weighted by atomic mass is 127. The minimum absolute atomic E-state index is 0. The molecule has 0 radical (unpaired) electrons. The monoisotopic (exact) mass is 546 g/mol. The van der Waals surface area contributed by atoms with E-state index in [0.29, 0.717) is 11.3 Å². The molecule has 3 atom stereocenters. The van der Waals surface area contributed by atoms with Crippen LogP contribution in [0, 0.1) is 0 Å². The third-order valence-electron chi connectivity index (χ3n) is 5.09. The molecule has 8 heteroatoms. The maximum Gasteiger partial charge on any atom is 0.191 e. The van der Waals surface area contributed by atoms with Gasteiger partial charge in [0.15, 0.2) is 5.96 Å². The van der Waals surface area contributed by atoms with Crippen molar-refractivity contribution in [1.82, 2.24) is 15.6 Å². The fourth-order valence-corrected chi connectivity index (χ4v) is 5.79. The predicted molar refractivity (Wildman–Crippen MR) is 136 cm³/mol. The molecule has 1 aliphatic rings. The van der Waals surface area contributed by atoms with Gasteiger partial charge in [0.05, 0.1) is 5.69 Å². The van der Waals surface area contributed by atoms with Crippen LogP contribution in [0.5, 0.6) is 0 Å². The van der Waals surface area contributed by atoms with Gasteiger partial charge in [-0.3, -0.25) is 9.20 Å². The molecule has 1 aromatic heterocycles. The molecule has 29 heavy (non-hydrogen) atoms. The maximum absolute atomic E-state index is 12.1. The van der Waals surface area contributed by atoms with Gasteiger partial charge in [0.25, 0.3) is 0 Å². The number of nitrogens with one attached hydrogen (secondary N) is 2. The van der Waals surface area contributed by atoms with Gasteiger partial charge in [-0.25, -0.2) is 4.98 Å². The molecule has 5 nitrogen and oxygen atoms in total. The number of nitrogens with zero attached hydrogens (tertiary/aromatic N) is 2. The first-order chi connectivity index (χ1) is 13.7. The first kappa shape index (κ1) is 24.3. The topological polar surface area (TPSA) is 66.4 Å².